The van der Waals surface area contributed by atoms with Crippen molar-refractivity contribution in [2.24, 2.45) is 0 Å². The first kappa shape index (κ1) is 25.5. The molecule has 0 radical (unpaired) electrons. The van der Waals surface area contributed by atoms with E-state index in [2.05, 4.69) is 5.32 Å². The summed E-state index contributed by atoms with van der Waals surface area (Å²) in [5.74, 6) is -1.64. The number of thiocarbonyl (C=S) groups is 1. The zero-order valence-electron chi connectivity index (χ0n) is 20.3. The summed E-state index contributed by atoms with van der Waals surface area (Å²) >= 11 is 5.67. The van der Waals surface area contributed by atoms with Crippen LogP contribution in [0.1, 0.15) is 24.8 Å². The standard InChI is InChI=1S/C28H24F2N4O3S/c29-19-5-9-21(10-6-19)31-25(35)16-24-27(37)34(23-13-7-20(30)8-14-23)28(38)33(24)17-18-3-11-22(12-4-18)32-15-1-2-26(32)36/h3-14,24H,1-2,15-17H2,(H,31,35)/t24-/m1/s1. The highest BCUT2D eigenvalue weighted by molar-refractivity contribution is 7.80. The zero-order chi connectivity index (χ0) is 26.8. The van der Waals surface area contributed by atoms with E-state index in [1.54, 1.807) is 9.80 Å². The number of carbonyl (C=O) groups excluding carboxylic acids is 3. The van der Waals surface area contributed by atoms with Crippen molar-refractivity contribution in [3.05, 3.63) is 90.0 Å². The van der Waals surface area contributed by atoms with Gasteiger partial charge in [0.15, 0.2) is 5.11 Å². The number of carbonyl (C=O) groups is 3. The van der Waals surface area contributed by atoms with Crippen LogP contribution in [-0.4, -0.2) is 40.3 Å². The molecule has 0 aromatic heterocycles. The van der Waals surface area contributed by atoms with Crippen molar-refractivity contribution in [2.45, 2.75) is 31.8 Å². The Morgan fingerprint density at radius 3 is 2.11 bits per heavy atom. The predicted molar refractivity (Wildman–Crippen MR) is 143 cm³/mol. The Labute approximate surface area is 223 Å². The van der Waals surface area contributed by atoms with E-state index >= 15 is 0 Å². The highest BCUT2D eigenvalue weighted by Crippen LogP contribution is 2.30. The molecule has 194 valence electrons. The number of hydrogen-bond acceptors (Lipinski definition) is 4. The summed E-state index contributed by atoms with van der Waals surface area (Å²) in [6.45, 7) is 0.922. The number of rotatable bonds is 7. The van der Waals surface area contributed by atoms with Gasteiger partial charge >= 0.3 is 0 Å². The Hall–Kier alpha value is -4.18. The van der Waals surface area contributed by atoms with E-state index < -0.39 is 29.5 Å². The minimum atomic E-state index is -0.909. The molecule has 0 spiro atoms. The van der Waals surface area contributed by atoms with Gasteiger partial charge in [-0.1, -0.05) is 12.1 Å². The van der Waals surface area contributed by atoms with Gasteiger partial charge in [0.2, 0.25) is 11.8 Å². The maximum Gasteiger partial charge on any atom is 0.256 e. The van der Waals surface area contributed by atoms with E-state index in [1.807, 2.05) is 24.3 Å². The molecule has 0 aliphatic carbocycles. The van der Waals surface area contributed by atoms with E-state index in [4.69, 9.17) is 12.2 Å². The highest BCUT2D eigenvalue weighted by atomic mass is 32.1. The lowest BCUT2D eigenvalue weighted by Gasteiger charge is -2.24. The first-order valence-electron chi connectivity index (χ1n) is 12.1. The molecule has 1 N–H and O–H groups in total. The Balaban J connectivity index is 1.38. The molecule has 3 aromatic rings. The molecule has 10 heteroatoms. The molecule has 2 saturated heterocycles. The van der Waals surface area contributed by atoms with Crippen LogP contribution in [0.4, 0.5) is 25.8 Å². The van der Waals surface area contributed by atoms with E-state index in [0.29, 0.717) is 24.3 Å². The fraction of sp³-hybridized carbons (Fsp3) is 0.214. The second-order valence-electron chi connectivity index (χ2n) is 9.15. The second kappa shape index (κ2) is 10.7. The van der Waals surface area contributed by atoms with Gasteiger partial charge in [-0.25, -0.2) is 8.78 Å². The molecule has 0 saturated carbocycles. The molecule has 7 nitrogen and oxygen atoms in total. The van der Waals surface area contributed by atoms with Crippen molar-refractivity contribution in [1.29, 1.82) is 0 Å². The lowest BCUT2D eigenvalue weighted by molar-refractivity contribution is -0.124. The van der Waals surface area contributed by atoms with E-state index in [-0.39, 0.29) is 24.0 Å². The fourth-order valence-electron chi connectivity index (χ4n) is 4.66. The van der Waals surface area contributed by atoms with Gasteiger partial charge in [-0.05, 0) is 84.9 Å². The van der Waals surface area contributed by atoms with Crippen molar-refractivity contribution in [3.63, 3.8) is 0 Å². The lowest BCUT2D eigenvalue weighted by Crippen LogP contribution is -2.37. The average molecular weight is 535 g/mol. The lowest BCUT2D eigenvalue weighted by atomic mass is 10.1. The van der Waals surface area contributed by atoms with Crippen LogP contribution >= 0.6 is 12.2 Å². The number of halogens is 2. The normalized spacial score (nSPS) is 17.5. The third kappa shape index (κ3) is 5.26. The minimum absolute atomic E-state index is 0.0891. The Bertz CT molecular complexity index is 1380. The van der Waals surface area contributed by atoms with Gasteiger partial charge in [-0.15, -0.1) is 0 Å². The monoisotopic (exact) mass is 534 g/mol. The SMILES string of the molecule is O=C(C[C@@H]1C(=O)N(c2ccc(F)cc2)C(=S)N1Cc1ccc(N2CCCC2=O)cc1)Nc1ccc(F)cc1. The summed E-state index contributed by atoms with van der Waals surface area (Å²) in [5, 5.41) is 2.88. The van der Waals surface area contributed by atoms with Crippen LogP contribution < -0.4 is 15.1 Å². The highest BCUT2D eigenvalue weighted by Gasteiger charge is 2.44. The van der Waals surface area contributed by atoms with Crippen molar-refractivity contribution < 1.29 is 23.2 Å². The number of nitrogens with one attached hydrogen (secondary N) is 1. The fourth-order valence-corrected chi connectivity index (χ4v) is 5.05. The van der Waals surface area contributed by atoms with Crippen LogP contribution in [0, 0.1) is 11.6 Å². The van der Waals surface area contributed by atoms with Crippen LogP contribution in [0.5, 0.6) is 0 Å². The summed E-state index contributed by atoms with van der Waals surface area (Å²) in [5.41, 5.74) is 2.44. The summed E-state index contributed by atoms with van der Waals surface area (Å²) in [6.07, 6.45) is 1.16. The van der Waals surface area contributed by atoms with Crippen LogP contribution in [0.15, 0.2) is 72.8 Å². The zero-order valence-corrected chi connectivity index (χ0v) is 21.1. The largest absolute Gasteiger partial charge is 0.332 e. The van der Waals surface area contributed by atoms with Crippen LogP contribution in [0.3, 0.4) is 0 Å². The van der Waals surface area contributed by atoms with Crippen molar-refractivity contribution in [1.82, 2.24) is 4.90 Å². The molecular formula is C28H24F2N4O3S. The molecule has 0 bridgehead atoms. The number of hydrogen-bond donors (Lipinski definition) is 1. The number of nitrogens with zero attached hydrogens (tertiary/aromatic N) is 3. The molecule has 5 rings (SSSR count). The summed E-state index contributed by atoms with van der Waals surface area (Å²) in [4.78, 5) is 43.2. The summed E-state index contributed by atoms with van der Waals surface area (Å²) < 4.78 is 26.8. The number of amides is 3. The van der Waals surface area contributed by atoms with Crippen molar-refractivity contribution >= 4 is 52.1 Å². The maximum atomic E-state index is 13.5. The molecule has 1 atom stereocenters. The molecule has 38 heavy (non-hydrogen) atoms. The molecule has 3 aromatic carbocycles. The Morgan fingerprint density at radius 2 is 1.50 bits per heavy atom. The van der Waals surface area contributed by atoms with E-state index in [9.17, 15) is 23.2 Å². The molecule has 3 amide bonds. The topological polar surface area (TPSA) is 73.0 Å². The first-order chi connectivity index (χ1) is 18.3. The van der Waals surface area contributed by atoms with Crippen LogP contribution in [0.2, 0.25) is 0 Å². The Morgan fingerprint density at radius 1 is 0.895 bits per heavy atom. The molecule has 2 aliphatic rings. The summed E-state index contributed by atoms with van der Waals surface area (Å²) in [7, 11) is 0. The van der Waals surface area contributed by atoms with Crippen molar-refractivity contribution in [3.8, 4) is 0 Å². The van der Waals surface area contributed by atoms with Gasteiger partial charge < -0.3 is 15.1 Å². The van der Waals surface area contributed by atoms with Crippen LogP contribution in [-0.2, 0) is 20.9 Å². The van der Waals surface area contributed by atoms with Crippen LogP contribution in [0.25, 0.3) is 0 Å². The summed E-state index contributed by atoms with van der Waals surface area (Å²) in [6, 6.07) is 17.3. The van der Waals surface area contributed by atoms with Gasteiger partial charge in [0.1, 0.15) is 17.7 Å². The van der Waals surface area contributed by atoms with Gasteiger partial charge in [0.05, 0.1) is 12.1 Å². The second-order valence-corrected chi connectivity index (χ2v) is 9.52. The molecule has 2 fully saturated rings. The van der Waals surface area contributed by atoms with Gasteiger partial charge in [0, 0.05) is 30.9 Å². The van der Waals surface area contributed by atoms with E-state index in [0.717, 1.165) is 17.7 Å². The minimum Gasteiger partial charge on any atom is -0.332 e. The third-order valence-electron chi connectivity index (χ3n) is 6.58. The maximum absolute atomic E-state index is 13.5. The number of anilines is 3. The average Bonchev–Trinajstić information content (AvgIpc) is 3.43. The first-order valence-corrected chi connectivity index (χ1v) is 12.6. The van der Waals surface area contributed by atoms with Gasteiger partial charge in [-0.3, -0.25) is 19.3 Å². The number of benzene rings is 3. The van der Waals surface area contributed by atoms with Gasteiger partial charge in [-0.2, -0.15) is 0 Å². The Kier molecular flexibility index (Phi) is 7.15. The quantitative estimate of drug-likeness (QED) is 0.448. The smallest absolute Gasteiger partial charge is 0.256 e. The molecule has 2 aliphatic heterocycles. The van der Waals surface area contributed by atoms with E-state index in [1.165, 1.54) is 53.4 Å². The molecular weight excluding hydrogens is 510 g/mol. The van der Waals surface area contributed by atoms with Gasteiger partial charge in [0.25, 0.3) is 5.91 Å². The predicted octanol–water partition coefficient (Wildman–Crippen LogP) is 4.62. The third-order valence-corrected chi connectivity index (χ3v) is 7.00. The molecule has 0 unspecified atom stereocenters. The molecule has 2 heterocycles. The van der Waals surface area contributed by atoms with Crippen molar-refractivity contribution in [2.75, 3.05) is 21.7 Å².